The number of carbonyl (C=O) groups excluding carboxylic acids is 1. The number of rotatable bonds is 3. The summed E-state index contributed by atoms with van der Waals surface area (Å²) in [6.07, 6.45) is 0.951. The Morgan fingerprint density at radius 1 is 1.59 bits per heavy atom. The number of nitrogens with zero attached hydrogens (tertiary/aromatic N) is 2. The van der Waals surface area contributed by atoms with Crippen molar-refractivity contribution >= 4 is 28.2 Å². The van der Waals surface area contributed by atoms with Crippen LogP contribution in [0.4, 0.5) is 10.9 Å². The van der Waals surface area contributed by atoms with Crippen molar-refractivity contribution in [2.45, 2.75) is 25.0 Å². The number of thiazole rings is 1. The molecule has 1 aromatic rings. The van der Waals surface area contributed by atoms with Gasteiger partial charge in [0.15, 0.2) is 5.13 Å². The maximum Gasteiger partial charge on any atom is 0.265 e. The van der Waals surface area contributed by atoms with Crippen LogP contribution in [0.15, 0.2) is 0 Å². The molecule has 1 aliphatic rings. The summed E-state index contributed by atoms with van der Waals surface area (Å²) in [5.74, 6) is 0.0565. The summed E-state index contributed by atoms with van der Waals surface area (Å²) in [5, 5.41) is 12.7. The van der Waals surface area contributed by atoms with Gasteiger partial charge in [0.05, 0.1) is 6.10 Å². The van der Waals surface area contributed by atoms with Crippen molar-refractivity contribution in [1.29, 1.82) is 0 Å². The zero-order valence-corrected chi connectivity index (χ0v) is 10.6. The van der Waals surface area contributed by atoms with Gasteiger partial charge in [-0.05, 0) is 12.8 Å². The molecule has 17 heavy (non-hydrogen) atoms. The van der Waals surface area contributed by atoms with E-state index in [1.54, 1.807) is 0 Å². The maximum absolute atomic E-state index is 11.9. The molecule has 0 atom stereocenters. The van der Waals surface area contributed by atoms with E-state index in [0.29, 0.717) is 22.9 Å². The van der Waals surface area contributed by atoms with E-state index >= 15 is 0 Å². The fourth-order valence-electron chi connectivity index (χ4n) is 1.63. The highest BCUT2D eigenvalue weighted by atomic mass is 32.1. The summed E-state index contributed by atoms with van der Waals surface area (Å²) in [6, 6.07) is 0.0572. The van der Waals surface area contributed by atoms with Gasteiger partial charge in [0.1, 0.15) is 10.7 Å². The SMILES string of the molecule is CN(C)c1nc(N)c(C(=O)NC2CC(O)C2)s1. The van der Waals surface area contributed by atoms with Gasteiger partial charge in [-0.25, -0.2) is 4.98 Å². The van der Waals surface area contributed by atoms with Crippen molar-refractivity contribution in [3.8, 4) is 0 Å². The number of aliphatic hydroxyl groups excluding tert-OH is 1. The number of carbonyl (C=O) groups is 1. The summed E-state index contributed by atoms with van der Waals surface area (Å²) >= 11 is 1.27. The first kappa shape index (κ1) is 12.1. The van der Waals surface area contributed by atoms with E-state index in [9.17, 15) is 4.79 Å². The molecule has 0 radical (unpaired) electrons. The summed E-state index contributed by atoms with van der Waals surface area (Å²) in [6.45, 7) is 0. The number of hydrogen-bond donors (Lipinski definition) is 3. The van der Waals surface area contributed by atoms with Crippen molar-refractivity contribution in [1.82, 2.24) is 10.3 Å². The molecule has 7 heteroatoms. The second-order valence-corrected chi connectivity index (χ2v) is 5.38. The van der Waals surface area contributed by atoms with Gasteiger partial charge in [-0.1, -0.05) is 11.3 Å². The second-order valence-electron chi connectivity index (χ2n) is 4.40. The third-order valence-corrected chi connectivity index (χ3v) is 3.92. The Labute approximate surface area is 103 Å². The van der Waals surface area contributed by atoms with Crippen molar-refractivity contribution < 1.29 is 9.90 Å². The molecule has 94 valence electrons. The molecule has 0 aromatic carbocycles. The fraction of sp³-hybridized carbons (Fsp3) is 0.600. The lowest BCUT2D eigenvalue weighted by Gasteiger charge is -2.31. The molecule has 0 saturated heterocycles. The first-order valence-electron chi connectivity index (χ1n) is 5.40. The van der Waals surface area contributed by atoms with Crippen LogP contribution in [0.2, 0.25) is 0 Å². The van der Waals surface area contributed by atoms with E-state index in [2.05, 4.69) is 10.3 Å². The number of nitrogens with one attached hydrogen (secondary N) is 1. The number of nitrogens with two attached hydrogens (primary N) is 1. The largest absolute Gasteiger partial charge is 0.393 e. The first-order chi connectivity index (χ1) is 7.97. The summed E-state index contributed by atoms with van der Waals surface area (Å²) in [7, 11) is 3.70. The molecular weight excluding hydrogens is 240 g/mol. The predicted octanol–water partition coefficient (Wildman–Crippen LogP) is 0.0444. The fourth-order valence-corrected chi connectivity index (χ4v) is 2.44. The quantitative estimate of drug-likeness (QED) is 0.710. The molecule has 6 nitrogen and oxygen atoms in total. The smallest absolute Gasteiger partial charge is 0.265 e. The molecule has 1 aromatic heterocycles. The van der Waals surface area contributed by atoms with Crippen LogP contribution >= 0.6 is 11.3 Å². The molecule has 1 heterocycles. The van der Waals surface area contributed by atoms with Crippen LogP contribution in [0, 0.1) is 0 Å². The molecule has 2 rings (SSSR count). The number of anilines is 2. The van der Waals surface area contributed by atoms with Crippen LogP contribution in [0.3, 0.4) is 0 Å². The van der Waals surface area contributed by atoms with Crippen molar-refractivity contribution in [2.75, 3.05) is 24.7 Å². The number of aromatic nitrogens is 1. The molecule has 0 bridgehead atoms. The van der Waals surface area contributed by atoms with Gasteiger partial charge in [-0.15, -0.1) is 0 Å². The van der Waals surface area contributed by atoms with Gasteiger partial charge < -0.3 is 21.1 Å². The first-order valence-corrected chi connectivity index (χ1v) is 6.21. The average molecular weight is 256 g/mol. The van der Waals surface area contributed by atoms with Crippen LogP contribution in [-0.2, 0) is 0 Å². The zero-order valence-electron chi connectivity index (χ0n) is 9.80. The van der Waals surface area contributed by atoms with E-state index in [4.69, 9.17) is 10.8 Å². The maximum atomic E-state index is 11.9. The van der Waals surface area contributed by atoms with Gasteiger partial charge in [0, 0.05) is 20.1 Å². The van der Waals surface area contributed by atoms with Gasteiger partial charge in [-0.3, -0.25) is 4.79 Å². The predicted molar refractivity (Wildman–Crippen MR) is 67.3 cm³/mol. The third-order valence-electron chi connectivity index (χ3n) is 2.68. The Morgan fingerprint density at radius 2 is 2.24 bits per heavy atom. The third kappa shape index (κ3) is 2.50. The van der Waals surface area contributed by atoms with E-state index in [-0.39, 0.29) is 23.9 Å². The van der Waals surface area contributed by atoms with Crippen LogP contribution < -0.4 is 16.0 Å². The minimum Gasteiger partial charge on any atom is -0.393 e. The second kappa shape index (κ2) is 4.50. The standard InChI is InChI=1S/C10H16N4O2S/c1-14(2)10-13-8(11)7(17-10)9(16)12-5-3-6(15)4-5/h5-6,15H,3-4,11H2,1-2H3,(H,12,16). The minimum absolute atomic E-state index is 0.0572. The molecule has 4 N–H and O–H groups in total. The summed E-state index contributed by atoms with van der Waals surface area (Å²) in [4.78, 5) is 18.3. The molecule has 0 spiro atoms. The average Bonchev–Trinajstić information content (AvgIpc) is 2.58. The topological polar surface area (TPSA) is 91.5 Å². The lowest BCUT2D eigenvalue weighted by Crippen LogP contribution is -2.46. The lowest BCUT2D eigenvalue weighted by atomic mass is 9.89. The van der Waals surface area contributed by atoms with E-state index in [0.717, 1.165) is 0 Å². The van der Waals surface area contributed by atoms with Crippen LogP contribution in [0.1, 0.15) is 22.5 Å². The lowest BCUT2D eigenvalue weighted by molar-refractivity contribution is 0.0565. The van der Waals surface area contributed by atoms with Crippen molar-refractivity contribution in [3.63, 3.8) is 0 Å². The van der Waals surface area contributed by atoms with Gasteiger partial charge >= 0.3 is 0 Å². The Bertz CT molecular complexity index is 426. The highest BCUT2D eigenvalue weighted by molar-refractivity contribution is 7.18. The molecule has 0 aliphatic heterocycles. The molecule has 1 fully saturated rings. The molecule has 0 unspecified atom stereocenters. The number of hydrogen-bond acceptors (Lipinski definition) is 6. The van der Waals surface area contributed by atoms with Crippen LogP contribution in [0.25, 0.3) is 0 Å². The number of amides is 1. The number of aliphatic hydroxyl groups is 1. The van der Waals surface area contributed by atoms with Crippen LogP contribution in [-0.4, -0.2) is 42.2 Å². The molecule has 1 amide bonds. The summed E-state index contributed by atoms with van der Waals surface area (Å²) < 4.78 is 0. The number of nitrogen functional groups attached to an aromatic ring is 1. The monoisotopic (exact) mass is 256 g/mol. The highest BCUT2D eigenvalue weighted by Crippen LogP contribution is 2.27. The summed E-state index contributed by atoms with van der Waals surface area (Å²) in [5.41, 5.74) is 5.70. The van der Waals surface area contributed by atoms with Crippen molar-refractivity contribution in [2.24, 2.45) is 0 Å². The van der Waals surface area contributed by atoms with Gasteiger partial charge in [0.2, 0.25) is 0 Å². The van der Waals surface area contributed by atoms with E-state index in [1.165, 1.54) is 11.3 Å². The molecule has 1 aliphatic carbocycles. The van der Waals surface area contributed by atoms with E-state index in [1.807, 2.05) is 19.0 Å². The van der Waals surface area contributed by atoms with Crippen molar-refractivity contribution in [3.05, 3.63) is 4.88 Å². The molecule has 1 saturated carbocycles. The minimum atomic E-state index is -0.281. The Balaban J connectivity index is 2.03. The highest BCUT2D eigenvalue weighted by Gasteiger charge is 2.29. The van der Waals surface area contributed by atoms with E-state index < -0.39 is 0 Å². The Hall–Kier alpha value is -1.34. The Kier molecular flexibility index (Phi) is 3.21. The Morgan fingerprint density at radius 3 is 2.71 bits per heavy atom. The molecular formula is C10H16N4O2S. The normalized spacial score (nSPS) is 23.0. The van der Waals surface area contributed by atoms with Gasteiger partial charge in [0.25, 0.3) is 5.91 Å². The zero-order chi connectivity index (χ0) is 12.6. The van der Waals surface area contributed by atoms with Crippen LogP contribution in [0.5, 0.6) is 0 Å². The van der Waals surface area contributed by atoms with Gasteiger partial charge in [-0.2, -0.15) is 0 Å².